The second kappa shape index (κ2) is 10.7. The summed E-state index contributed by atoms with van der Waals surface area (Å²) < 4.78 is 11.7. The van der Waals surface area contributed by atoms with Crippen molar-refractivity contribution in [2.75, 3.05) is 6.61 Å². The van der Waals surface area contributed by atoms with E-state index >= 15 is 0 Å². The molecule has 0 aliphatic heterocycles. The number of hydrogen-bond acceptors (Lipinski definition) is 7. The first kappa shape index (κ1) is 33.7. The van der Waals surface area contributed by atoms with Gasteiger partial charge in [-0.15, -0.1) is 0 Å². The molecule has 5 aliphatic rings. The quantitative estimate of drug-likeness (QED) is 0.198. The van der Waals surface area contributed by atoms with E-state index in [-0.39, 0.29) is 40.3 Å². The van der Waals surface area contributed by atoms with Crippen LogP contribution in [0.3, 0.4) is 0 Å². The van der Waals surface area contributed by atoms with E-state index in [9.17, 15) is 24.9 Å². The molecule has 7 nitrogen and oxygen atoms in total. The maximum Gasteiger partial charge on any atom is 0.333 e. The van der Waals surface area contributed by atoms with Gasteiger partial charge in [0.2, 0.25) is 0 Å². The molecule has 0 bridgehead atoms. The van der Waals surface area contributed by atoms with Crippen LogP contribution in [0.2, 0.25) is 0 Å². The minimum absolute atomic E-state index is 0.0628. The van der Waals surface area contributed by atoms with Crippen molar-refractivity contribution in [2.45, 2.75) is 139 Å². The third-order valence-electron chi connectivity index (χ3n) is 14.6. The summed E-state index contributed by atoms with van der Waals surface area (Å²) in [5, 5.41) is 35.7. The molecule has 0 saturated heterocycles. The Hall–Kier alpha value is -1.70. The van der Waals surface area contributed by atoms with Gasteiger partial charge >= 0.3 is 11.9 Å². The highest BCUT2D eigenvalue weighted by Crippen LogP contribution is 2.75. The molecule has 4 unspecified atom stereocenters. The molecule has 248 valence electrons. The van der Waals surface area contributed by atoms with Gasteiger partial charge in [-0.3, -0.25) is 4.79 Å². The van der Waals surface area contributed by atoms with Gasteiger partial charge in [-0.2, -0.15) is 0 Å². The monoisotopic (exact) mass is 614 g/mol. The van der Waals surface area contributed by atoms with Crippen LogP contribution >= 0.6 is 0 Å². The number of rotatable bonds is 4. The lowest BCUT2D eigenvalue weighted by Gasteiger charge is -2.72. The summed E-state index contributed by atoms with van der Waals surface area (Å²) in [5.74, 6) is -0.406. The van der Waals surface area contributed by atoms with Crippen LogP contribution in [0.25, 0.3) is 0 Å². The highest BCUT2D eigenvalue weighted by molar-refractivity contribution is 5.87. The van der Waals surface area contributed by atoms with Crippen molar-refractivity contribution >= 4 is 11.9 Å². The molecule has 0 aromatic heterocycles. The van der Waals surface area contributed by atoms with E-state index in [1.807, 2.05) is 13.8 Å². The van der Waals surface area contributed by atoms with E-state index in [0.717, 1.165) is 32.1 Å². The fourth-order valence-corrected chi connectivity index (χ4v) is 11.6. The molecule has 5 rings (SSSR count). The van der Waals surface area contributed by atoms with E-state index in [1.54, 1.807) is 19.9 Å². The molecule has 3 N–H and O–H groups in total. The summed E-state index contributed by atoms with van der Waals surface area (Å²) >= 11 is 0. The summed E-state index contributed by atoms with van der Waals surface area (Å²) in [5.41, 5.74) is -0.622. The number of carbonyl (C=O) groups excluding carboxylic acids is 2. The lowest BCUT2D eigenvalue weighted by molar-refractivity contribution is -0.262. The summed E-state index contributed by atoms with van der Waals surface area (Å²) in [7, 11) is 0. The van der Waals surface area contributed by atoms with E-state index < -0.39 is 41.1 Å². The second-order valence-corrected chi connectivity index (χ2v) is 17.3. The van der Waals surface area contributed by atoms with Crippen molar-refractivity contribution in [3.8, 4) is 0 Å². The van der Waals surface area contributed by atoms with Gasteiger partial charge in [0.1, 0.15) is 18.8 Å². The Morgan fingerprint density at radius 2 is 1.59 bits per heavy atom. The average molecular weight is 615 g/mol. The number of allylic oxidation sites excluding steroid dienone is 3. The predicted molar refractivity (Wildman–Crippen MR) is 169 cm³/mol. The molecular weight excluding hydrogens is 556 g/mol. The molecule has 0 spiro atoms. The maximum absolute atomic E-state index is 13.0. The molecule has 0 heterocycles. The zero-order chi connectivity index (χ0) is 32.8. The molecule has 4 fully saturated rings. The first-order chi connectivity index (χ1) is 20.2. The number of aliphatic hydroxyl groups excluding tert-OH is 3. The molecule has 11 atom stereocenters. The van der Waals surface area contributed by atoms with Crippen molar-refractivity contribution in [1.29, 1.82) is 0 Å². The lowest BCUT2D eigenvalue weighted by Crippen LogP contribution is -2.72. The van der Waals surface area contributed by atoms with Gasteiger partial charge in [0, 0.05) is 17.9 Å². The lowest BCUT2D eigenvalue weighted by atomic mass is 9.33. The van der Waals surface area contributed by atoms with Crippen molar-refractivity contribution in [3.63, 3.8) is 0 Å². The van der Waals surface area contributed by atoms with Gasteiger partial charge in [0.05, 0.1) is 17.6 Å². The second-order valence-electron chi connectivity index (χ2n) is 17.3. The van der Waals surface area contributed by atoms with Gasteiger partial charge in [-0.25, -0.2) is 4.79 Å². The van der Waals surface area contributed by atoms with Crippen LogP contribution in [0.1, 0.15) is 114 Å². The van der Waals surface area contributed by atoms with Crippen molar-refractivity contribution < 1.29 is 34.4 Å². The van der Waals surface area contributed by atoms with Crippen molar-refractivity contribution in [1.82, 2.24) is 0 Å². The van der Waals surface area contributed by atoms with Gasteiger partial charge < -0.3 is 24.8 Å². The molecular formula is C37H58O7. The summed E-state index contributed by atoms with van der Waals surface area (Å²) in [6.45, 7) is 20.5. The normalized spacial score (nSPS) is 47.6. The minimum Gasteiger partial charge on any atom is -0.465 e. The molecule has 0 aromatic rings. The number of aliphatic hydroxyl groups is 3. The summed E-state index contributed by atoms with van der Waals surface area (Å²) in [6.07, 6.45) is 6.49. The smallest absolute Gasteiger partial charge is 0.333 e. The molecule has 5 aliphatic carbocycles. The van der Waals surface area contributed by atoms with Crippen LogP contribution in [-0.2, 0) is 19.1 Å². The highest BCUT2D eigenvalue weighted by atomic mass is 16.6. The van der Waals surface area contributed by atoms with Crippen LogP contribution in [0.5, 0.6) is 0 Å². The molecule has 7 heteroatoms. The van der Waals surface area contributed by atoms with Crippen molar-refractivity contribution in [3.05, 3.63) is 23.3 Å². The molecule has 0 aromatic carbocycles. The van der Waals surface area contributed by atoms with Crippen LogP contribution in [-0.4, -0.2) is 58.3 Å². The predicted octanol–water partition coefficient (Wildman–Crippen LogP) is 6.14. The highest BCUT2D eigenvalue weighted by Gasteiger charge is 2.73. The van der Waals surface area contributed by atoms with Gasteiger partial charge in [-0.05, 0) is 98.2 Å². The maximum atomic E-state index is 13.0. The van der Waals surface area contributed by atoms with Gasteiger partial charge in [-0.1, -0.05) is 66.2 Å². The van der Waals surface area contributed by atoms with Crippen molar-refractivity contribution in [2.24, 2.45) is 50.2 Å². The van der Waals surface area contributed by atoms with Gasteiger partial charge in [0.25, 0.3) is 0 Å². The fraction of sp³-hybridized carbons (Fsp3) is 0.838. The topological polar surface area (TPSA) is 113 Å². The standard InChI is InChI=1S/C37H58O7/c1-11-21(2)31(42)44-30-29(41)37(20-43-22(3)38)24(18-32(30,4)5)23-12-13-26-34(8)16-15-27(39)33(6,7)25(34)14-17-35(26,9)36(23,10)19-28(37)40/h11-12,24-30,39-41H,13-20H2,1-10H3/b21-11+/t24-,25-,26+,27?,28?,29?,30?,34-,35+,36+,37-/m0/s1. The Balaban J connectivity index is 1.62. The van der Waals surface area contributed by atoms with E-state index in [2.05, 4.69) is 40.7 Å². The molecule has 0 amide bonds. The number of carbonyl (C=O) groups is 2. The summed E-state index contributed by atoms with van der Waals surface area (Å²) in [4.78, 5) is 25.2. The van der Waals surface area contributed by atoms with Crippen LogP contribution in [0.15, 0.2) is 23.3 Å². The third-order valence-corrected chi connectivity index (χ3v) is 14.6. The van der Waals surface area contributed by atoms with E-state index in [4.69, 9.17) is 9.47 Å². The largest absolute Gasteiger partial charge is 0.465 e. The van der Waals surface area contributed by atoms with Crippen LogP contribution in [0.4, 0.5) is 0 Å². The SMILES string of the molecule is C/C=C(\C)C(=O)OC1C(O)[C@]2(COC(C)=O)C(O)C[C@]3(C)C(=CC[C@@H]4[C@@]5(C)CCC(O)C(C)(C)[C@@H]5CC[C@]43C)[C@@H]2CC1(C)C. The Morgan fingerprint density at radius 3 is 2.20 bits per heavy atom. The Bertz CT molecular complexity index is 1250. The third kappa shape index (κ3) is 4.45. The van der Waals surface area contributed by atoms with E-state index in [0.29, 0.717) is 30.3 Å². The fourth-order valence-electron chi connectivity index (χ4n) is 11.6. The first-order valence-corrected chi connectivity index (χ1v) is 17.0. The van der Waals surface area contributed by atoms with Crippen LogP contribution in [0, 0.1) is 50.2 Å². The Kier molecular flexibility index (Phi) is 8.16. The number of hydrogen-bond donors (Lipinski definition) is 3. The van der Waals surface area contributed by atoms with E-state index in [1.165, 1.54) is 12.5 Å². The number of esters is 2. The zero-order valence-corrected chi connectivity index (χ0v) is 28.8. The zero-order valence-electron chi connectivity index (χ0n) is 28.8. The summed E-state index contributed by atoms with van der Waals surface area (Å²) in [6, 6.07) is 0. The number of ether oxygens (including phenoxy) is 2. The molecule has 44 heavy (non-hydrogen) atoms. The molecule has 0 radical (unpaired) electrons. The Morgan fingerprint density at radius 1 is 0.932 bits per heavy atom. The molecule has 4 saturated carbocycles. The Labute approximate surface area is 264 Å². The van der Waals surface area contributed by atoms with Gasteiger partial charge in [0.15, 0.2) is 0 Å². The average Bonchev–Trinajstić information content (AvgIpc) is 2.92. The first-order valence-electron chi connectivity index (χ1n) is 17.0. The van der Waals surface area contributed by atoms with Crippen LogP contribution < -0.4 is 0 Å². The number of fused-ring (bicyclic) bond motifs is 7. The minimum atomic E-state index is -1.23.